The van der Waals surface area contributed by atoms with E-state index in [1.807, 2.05) is 0 Å². The van der Waals surface area contributed by atoms with Gasteiger partial charge in [-0.15, -0.1) is 0 Å². The van der Waals surface area contributed by atoms with E-state index in [2.05, 4.69) is 57.2 Å². The van der Waals surface area contributed by atoms with Crippen LogP contribution in [-0.4, -0.2) is 37.2 Å². The minimum Gasteiger partial charge on any atom is -0.462 e. The smallest absolute Gasteiger partial charge is 0.306 e. The molecule has 0 aromatic heterocycles. The third-order valence-corrected chi connectivity index (χ3v) is 14.6. The van der Waals surface area contributed by atoms with E-state index >= 15 is 0 Å². The molecule has 73 heavy (non-hydrogen) atoms. The summed E-state index contributed by atoms with van der Waals surface area (Å²) in [5, 5.41) is 0. The Kier molecular flexibility index (Phi) is 60.2. The van der Waals surface area contributed by atoms with Crippen molar-refractivity contribution in [1.29, 1.82) is 0 Å². The van der Waals surface area contributed by atoms with Crippen molar-refractivity contribution in [3.63, 3.8) is 0 Å². The average molecular weight is 1030 g/mol. The highest BCUT2D eigenvalue weighted by Gasteiger charge is 2.19. The molecule has 0 spiro atoms. The molecule has 1 atom stereocenters. The Hall–Kier alpha value is -2.37. The number of hydrogen-bond acceptors (Lipinski definition) is 6. The lowest BCUT2D eigenvalue weighted by atomic mass is 10.0. The Morgan fingerprint density at radius 3 is 0.767 bits per heavy atom. The van der Waals surface area contributed by atoms with Crippen molar-refractivity contribution in [2.24, 2.45) is 0 Å². The summed E-state index contributed by atoms with van der Waals surface area (Å²) in [7, 11) is 0. The lowest BCUT2D eigenvalue weighted by molar-refractivity contribution is -0.167. The molecule has 0 N–H and O–H groups in total. The van der Waals surface area contributed by atoms with Crippen molar-refractivity contribution in [2.45, 2.75) is 361 Å². The molecule has 0 saturated carbocycles. The van der Waals surface area contributed by atoms with Crippen LogP contribution in [0.1, 0.15) is 355 Å². The van der Waals surface area contributed by atoms with Crippen LogP contribution < -0.4 is 0 Å². The summed E-state index contributed by atoms with van der Waals surface area (Å²) in [6.45, 7) is 6.67. The van der Waals surface area contributed by atoms with E-state index in [-0.39, 0.29) is 31.1 Å². The molecule has 0 aliphatic carbocycles. The van der Waals surface area contributed by atoms with E-state index in [0.29, 0.717) is 19.3 Å². The molecule has 0 fully saturated rings. The number of carbonyl (C=O) groups is 3. The number of carbonyl (C=O) groups excluding carboxylic acids is 3. The fourth-order valence-electron chi connectivity index (χ4n) is 9.75. The molecule has 0 radical (unpaired) electrons. The Balaban J connectivity index is 4.13. The molecular formula is C67H124O6. The first-order chi connectivity index (χ1) is 36.0. The number of esters is 3. The van der Waals surface area contributed by atoms with Crippen LogP contribution in [0.3, 0.4) is 0 Å². The summed E-state index contributed by atoms with van der Waals surface area (Å²) in [4.78, 5) is 38.2. The van der Waals surface area contributed by atoms with Gasteiger partial charge in [0.2, 0.25) is 0 Å². The van der Waals surface area contributed by atoms with Gasteiger partial charge >= 0.3 is 17.9 Å². The summed E-state index contributed by atoms with van der Waals surface area (Å²) in [5.41, 5.74) is 0. The SMILES string of the molecule is CCCCCCC/C=C\C/C=C\C/C=C\CCCCCCCCCCCCCCCCC(=O)OCC(COC(=O)CCCCCCCCCCCC)OC(=O)CCCCCCCCCCCCCCCCCC. The molecule has 0 aliphatic heterocycles. The number of ether oxygens (including phenoxy) is 3. The quantitative estimate of drug-likeness (QED) is 0.0261. The molecule has 0 aliphatic rings. The number of allylic oxidation sites excluding steroid dienone is 6. The predicted molar refractivity (Wildman–Crippen MR) is 316 cm³/mol. The number of hydrogen-bond donors (Lipinski definition) is 0. The van der Waals surface area contributed by atoms with E-state index in [1.165, 1.54) is 244 Å². The van der Waals surface area contributed by atoms with Gasteiger partial charge in [-0.25, -0.2) is 0 Å². The highest BCUT2D eigenvalue weighted by molar-refractivity contribution is 5.71. The van der Waals surface area contributed by atoms with Gasteiger partial charge in [-0.1, -0.05) is 314 Å². The topological polar surface area (TPSA) is 78.9 Å². The van der Waals surface area contributed by atoms with Crippen LogP contribution in [0.15, 0.2) is 36.5 Å². The molecular weight excluding hydrogens is 901 g/mol. The zero-order chi connectivity index (χ0) is 52.9. The van der Waals surface area contributed by atoms with Gasteiger partial charge in [-0.2, -0.15) is 0 Å². The zero-order valence-electron chi connectivity index (χ0n) is 49.2. The second-order valence-electron chi connectivity index (χ2n) is 22.0. The van der Waals surface area contributed by atoms with E-state index in [4.69, 9.17) is 14.2 Å². The first kappa shape index (κ1) is 70.6. The highest BCUT2D eigenvalue weighted by Crippen LogP contribution is 2.18. The maximum Gasteiger partial charge on any atom is 0.306 e. The largest absolute Gasteiger partial charge is 0.462 e. The van der Waals surface area contributed by atoms with Crippen molar-refractivity contribution in [1.82, 2.24) is 0 Å². The van der Waals surface area contributed by atoms with Crippen LogP contribution in [0, 0.1) is 0 Å². The fraction of sp³-hybridized carbons (Fsp3) is 0.866. The van der Waals surface area contributed by atoms with Crippen molar-refractivity contribution < 1.29 is 28.6 Å². The first-order valence-electron chi connectivity index (χ1n) is 32.5. The molecule has 0 heterocycles. The third kappa shape index (κ3) is 60.4. The van der Waals surface area contributed by atoms with Gasteiger partial charge in [-0.3, -0.25) is 14.4 Å². The minimum absolute atomic E-state index is 0.0661. The molecule has 0 aromatic carbocycles. The van der Waals surface area contributed by atoms with Gasteiger partial charge in [0, 0.05) is 19.3 Å². The third-order valence-electron chi connectivity index (χ3n) is 14.6. The summed E-state index contributed by atoms with van der Waals surface area (Å²) >= 11 is 0. The van der Waals surface area contributed by atoms with Gasteiger partial charge in [0.15, 0.2) is 6.10 Å². The van der Waals surface area contributed by atoms with Gasteiger partial charge < -0.3 is 14.2 Å². The lowest BCUT2D eigenvalue weighted by Crippen LogP contribution is -2.30. The van der Waals surface area contributed by atoms with Crippen molar-refractivity contribution >= 4 is 17.9 Å². The minimum atomic E-state index is -0.767. The summed E-state index contributed by atoms with van der Waals surface area (Å²) in [6.07, 6.45) is 75.9. The second-order valence-corrected chi connectivity index (χ2v) is 22.0. The fourth-order valence-corrected chi connectivity index (χ4v) is 9.75. The van der Waals surface area contributed by atoms with E-state index in [0.717, 1.165) is 70.6 Å². The van der Waals surface area contributed by atoms with Crippen LogP contribution in [0.2, 0.25) is 0 Å². The second kappa shape index (κ2) is 62.2. The Morgan fingerprint density at radius 2 is 0.493 bits per heavy atom. The molecule has 0 bridgehead atoms. The normalized spacial score (nSPS) is 12.2. The molecule has 1 unspecified atom stereocenters. The van der Waals surface area contributed by atoms with E-state index in [9.17, 15) is 14.4 Å². The lowest BCUT2D eigenvalue weighted by Gasteiger charge is -2.18. The van der Waals surface area contributed by atoms with Crippen LogP contribution in [0.5, 0.6) is 0 Å². The molecule has 0 rings (SSSR count). The zero-order valence-corrected chi connectivity index (χ0v) is 49.2. The highest BCUT2D eigenvalue weighted by atomic mass is 16.6. The predicted octanol–water partition coefficient (Wildman–Crippen LogP) is 22.0. The molecule has 0 amide bonds. The number of unbranched alkanes of at least 4 members (excludes halogenated alkanes) is 43. The van der Waals surface area contributed by atoms with Crippen LogP contribution in [0.4, 0.5) is 0 Å². The number of rotatable bonds is 60. The summed E-state index contributed by atoms with van der Waals surface area (Å²) in [6, 6.07) is 0. The Bertz CT molecular complexity index is 1220. The molecule has 428 valence electrons. The molecule has 6 nitrogen and oxygen atoms in total. The first-order valence-corrected chi connectivity index (χ1v) is 32.5. The van der Waals surface area contributed by atoms with E-state index in [1.54, 1.807) is 0 Å². The standard InChI is InChI=1S/C67H124O6/c1-4-7-10-13-16-19-22-24-26-28-29-30-31-32-33-34-35-36-37-38-39-40-42-43-45-48-51-54-57-60-66(69)72-63-64(62-71-65(68)59-56-53-50-47-21-18-15-12-9-6-3)73-67(70)61-58-55-52-49-46-44-41-27-25-23-20-17-14-11-8-5-2/h22,24,28-29,31-32,64H,4-21,23,25-27,30,33-63H2,1-3H3/b24-22-,29-28-,32-31-. The van der Waals surface area contributed by atoms with Crippen LogP contribution in [-0.2, 0) is 28.6 Å². The van der Waals surface area contributed by atoms with Gasteiger partial charge in [0.05, 0.1) is 0 Å². The van der Waals surface area contributed by atoms with Crippen molar-refractivity contribution in [3.8, 4) is 0 Å². The molecule has 0 aromatic rings. The van der Waals surface area contributed by atoms with Gasteiger partial charge in [0.1, 0.15) is 13.2 Å². The van der Waals surface area contributed by atoms with Crippen LogP contribution >= 0.6 is 0 Å². The van der Waals surface area contributed by atoms with Gasteiger partial charge in [-0.05, 0) is 57.8 Å². The summed E-state index contributed by atoms with van der Waals surface area (Å²) in [5.74, 6) is -0.844. The Labute approximate surface area is 455 Å². The molecule has 0 saturated heterocycles. The summed E-state index contributed by atoms with van der Waals surface area (Å²) < 4.78 is 16.9. The van der Waals surface area contributed by atoms with Crippen LogP contribution in [0.25, 0.3) is 0 Å². The average Bonchev–Trinajstić information content (AvgIpc) is 3.39. The Morgan fingerprint density at radius 1 is 0.274 bits per heavy atom. The van der Waals surface area contributed by atoms with Crippen molar-refractivity contribution in [3.05, 3.63) is 36.5 Å². The van der Waals surface area contributed by atoms with Gasteiger partial charge in [0.25, 0.3) is 0 Å². The monoisotopic (exact) mass is 1020 g/mol. The maximum atomic E-state index is 12.9. The molecule has 6 heteroatoms. The maximum absolute atomic E-state index is 12.9. The van der Waals surface area contributed by atoms with Crippen molar-refractivity contribution in [2.75, 3.05) is 13.2 Å². The van der Waals surface area contributed by atoms with E-state index < -0.39 is 6.10 Å².